The fourth-order valence-corrected chi connectivity index (χ4v) is 7.28. The molecule has 0 aliphatic carbocycles. The van der Waals surface area contributed by atoms with E-state index in [0.717, 1.165) is 79.4 Å². The van der Waals surface area contributed by atoms with Crippen molar-refractivity contribution in [3.05, 3.63) is 28.7 Å². The van der Waals surface area contributed by atoms with Crippen molar-refractivity contribution in [1.82, 2.24) is 15.0 Å². The average molecular weight is 549 g/mol. The molecular formula is C26H37ClN6O3S. The molecule has 37 heavy (non-hydrogen) atoms. The third-order valence-electron chi connectivity index (χ3n) is 8.35. The lowest BCUT2D eigenvalue weighted by Gasteiger charge is -2.42. The third-order valence-corrected chi connectivity index (χ3v) is 9.97. The van der Waals surface area contributed by atoms with Crippen molar-refractivity contribution >= 4 is 35.0 Å². The summed E-state index contributed by atoms with van der Waals surface area (Å²) >= 11 is 8.31. The molecule has 0 saturated carbocycles. The van der Waals surface area contributed by atoms with E-state index in [1.807, 2.05) is 13.0 Å². The number of nitrogens with two attached hydrogens (primary N) is 1. The molecule has 3 N–H and O–H groups in total. The number of halogens is 1. The molecule has 9 nitrogen and oxygen atoms in total. The van der Waals surface area contributed by atoms with Crippen molar-refractivity contribution in [3.8, 4) is 0 Å². The Morgan fingerprint density at radius 3 is 2.65 bits per heavy atom. The van der Waals surface area contributed by atoms with Gasteiger partial charge in [0, 0.05) is 42.2 Å². The first-order chi connectivity index (χ1) is 17.4. The Kier molecular flexibility index (Phi) is 7.61. The van der Waals surface area contributed by atoms with Crippen LogP contribution in [0.4, 0.5) is 11.6 Å². The molecule has 11 heteroatoms. The molecule has 2 aromatic heterocycles. The average Bonchev–Trinajstić information content (AvgIpc) is 3.59. The molecule has 0 aromatic carbocycles. The zero-order valence-electron chi connectivity index (χ0n) is 20.7. The Hall–Kier alpha value is -1.69. The summed E-state index contributed by atoms with van der Waals surface area (Å²) in [6.45, 7) is 7.74. The van der Waals surface area contributed by atoms with E-state index in [1.165, 1.54) is 11.8 Å². The number of anilines is 2. The quantitative estimate of drug-likeness (QED) is 0.576. The maximum atomic E-state index is 10.2. The minimum Gasteiger partial charge on any atom is -0.390 e. The zero-order valence-corrected chi connectivity index (χ0v) is 22.3. The van der Waals surface area contributed by atoms with Gasteiger partial charge >= 0.3 is 0 Å². The highest BCUT2D eigenvalue weighted by molar-refractivity contribution is 7.99. The summed E-state index contributed by atoms with van der Waals surface area (Å²) in [5, 5.41) is 11.5. The fraction of sp³-hybridized carbons (Fsp3) is 0.654. The summed E-state index contributed by atoms with van der Waals surface area (Å²) in [6.07, 6.45) is 5.07. The van der Waals surface area contributed by atoms with Gasteiger partial charge in [-0.15, -0.1) is 0 Å². The van der Waals surface area contributed by atoms with Crippen LogP contribution in [0.15, 0.2) is 22.2 Å². The molecule has 0 amide bonds. The van der Waals surface area contributed by atoms with Crippen LogP contribution < -0.4 is 15.5 Å². The summed E-state index contributed by atoms with van der Waals surface area (Å²) in [5.74, 6) is 1.55. The van der Waals surface area contributed by atoms with Gasteiger partial charge in [-0.3, -0.25) is 0 Å². The molecule has 6 rings (SSSR count). The van der Waals surface area contributed by atoms with E-state index in [2.05, 4.69) is 21.7 Å². The lowest BCUT2D eigenvalue weighted by atomic mass is 9.73. The number of aliphatic hydroxyl groups excluding tert-OH is 1. The van der Waals surface area contributed by atoms with Gasteiger partial charge in [-0.05, 0) is 39.2 Å². The molecular weight excluding hydrogens is 512 g/mol. The van der Waals surface area contributed by atoms with Crippen molar-refractivity contribution in [1.29, 1.82) is 0 Å². The standard InChI is InChI=1S/C25H33ClN6O3S.CH4/c1-14-24(36-19-3-6-28-23(20(19)26)32-10-17-9-16(32)12-34-17)30-18(11-33)22(29-14)31-7-4-25(5-8-31)13-35-15(2)21(25)27;/h3,6,15-17,21,33H,4-5,7-13,27H2,1-2H3;1H4/t15-,16-,17-,21+;/m0./s1. The van der Waals surface area contributed by atoms with Crippen LogP contribution in [0, 0.1) is 12.3 Å². The second-order valence-electron chi connectivity index (χ2n) is 10.5. The van der Waals surface area contributed by atoms with Crippen LogP contribution in [-0.4, -0.2) is 77.2 Å². The number of piperidine rings is 1. The molecule has 2 aromatic rings. The van der Waals surface area contributed by atoms with Gasteiger partial charge in [0.25, 0.3) is 0 Å². The highest BCUT2D eigenvalue weighted by atomic mass is 35.5. The number of aliphatic hydroxyl groups is 1. The number of hydrogen-bond acceptors (Lipinski definition) is 10. The molecule has 6 heterocycles. The van der Waals surface area contributed by atoms with Crippen molar-refractivity contribution < 1.29 is 14.6 Å². The van der Waals surface area contributed by atoms with E-state index in [-0.39, 0.29) is 37.7 Å². The smallest absolute Gasteiger partial charge is 0.153 e. The molecule has 4 aliphatic heterocycles. The Labute approximate surface area is 228 Å². The van der Waals surface area contributed by atoms with E-state index in [9.17, 15) is 5.11 Å². The zero-order chi connectivity index (χ0) is 25.0. The van der Waals surface area contributed by atoms with Crippen LogP contribution in [0.1, 0.15) is 45.0 Å². The van der Waals surface area contributed by atoms with Crippen LogP contribution in [0.2, 0.25) is 5.02 Å². The fourth-order valence-electron chi connectivity index (χ4n) is 6.08. The summed E-state index contributed by atoms with van der Waals surface area (Å²) in [6, 6.07) is 2.30. The molecule has 1 spiro atoms. The number of fused-ring (bicyclic) bond motifs is 2. The minimum atomic E-state index is -0.177. The second-order valence-corrected chi connectivity index (χ2v) is 11.9. The van der Waals surface area contributed by atoms with E-state index in [0.29, 0.717) is 16.8 Å². The van der Waals surface area contributed by atoms with E-state index >= 15 is 0 Å². The van der Waals surface area contributed by atoms with Gasteiger partial charge in [-0.2, -0.15) is 0 Å². The first kappa shape index (κ1) is 26.9. The van der Waals surface area contributed by atoms with Gasteiger partial charge in [0.15, 0.2) is 5.82 Å². The van der Waals surface area contributed by atoms with Gasteiger partial charge in [-0.25, -0.2) is 15.0 Å². The monoisotopic (exact) mass is 548 g/mol. The van der Waals surface area contributed by atoms with Crippen molar-refractivity contribution in [3.63, 3.8) is 0 Å². The normalized spacial score (nSPS) is 28.2. The van der Waals surface area contributed by atoms with Gasteiger partial charge in [-0.1, -0.05) is 30.8 Å². The maximum absolute atomic E-state index is 10.2. The van der Waals surface area contributed by atoms with Crippen molar-refractivity contribution in [2.24, 2.45) is 11.1 Å². The number of morpholine rings is 1. The Balaban J connectivity index is 0.00000280. The van der Waals surface area contributed by atoms with Crippen molar-refractivity contribution in [2.75, 3.05) is 42.6 Å². The molecule has 202 valence electrons. The first-order valence-electron chi connectivity index (χ1n) is 12.7. The lowest BCUT2D eigenvalue weighted by Crippen LogP contribution is -2.51. The first-order valence-corrected chi connectivity index (χ1v) is 13.9. The molecule has 4 aliphatic rings. The number of ether oxygens (including phenoxy) is 2. The molecule has 4 atom stereocenters. The van der Waals surface area contributed by atoms with Gasteiger partial charge in [0.1, 0.15) is 16.5 Å². The Bertz CT molecular complexity index is 1150. The number of pyridine rings is 1. The Morgan fingerprint density at radius 1 is 1.24 bits per heavy atom. The van der Waals surface area contributed by atoms with Gasteiger partial charge in [0.05, 0.1) is 48.8 Å². The third kappa shape index (κ3) is 4.70. The number of aromatic nitrogens is 3. The Morgan fingerprint density at radius 2 is 2.03 bits per heavy atom. The largest absolute Gasteiger partial charge is 0.390 e. The molecule has 2 bridgehead atoms. The van der Waals surface area contributed by atoms with Crippen LogP contribution in [-0.2, 0) is 16.1 Å². The highest BCUT2D eigenvalue weighted by Crippen LogP contribution is 2.44. The van der Waals surface area contributed by atoms with E-state index < -0.39 is 0 Å². The molecule has 0 unspecified atom stereocenters. The minimum absolute atomic E-state index is 0. The van der Waals surface area contributed by atoms with Crippen LogP contribution >= 0.6 is 23.4 Å². The predicted octanol–water partition coefficient (Wildman–Crippen LogP) is 3.42. The van der Waals surface area contributed by atoms with Gasteiger partial charge < -0.3 is 30.1 Å². The van der Waals surface area contributed by atoms with Crippen molar-refractivity contribution in [2.45, 2.75) is 81.4 Å². The summed E-state index contributed by atoms with van der Waals surface area (Å²) in [4.78, 5) is 19.7. The SMILES string of the molecule is C.Cc1nc(N2CCC3(CC2)CO[C@@H](C)[C@H]3N)c(CO)nc1Sc1ccnc(N2C[C@@H]3C[C@H]2CO3)c1Cl. The summed E-state index contributed by atoms with van der Waals surface area (Å²) < 4.78 is 11.6. The topological polar surface area (TPSA) is 110 Å². The number of hydrogen-bond donors (Lipinski definition) is 2. The number of aryl methyl sites for hydroxylation is 1. The van der Waals surface area contributed by atoms with Crippen LogP contribution in [0.25, 0.3) is 0 Å². The van der Waals surface area contributed by atoms with Crippen LogP contribution in [0.3, 0.4) is 0 Å². The highest BCUT2D eigenvalue weighted by Gasteiger charge is 2.48. The molecule has 4 fully saturated rings. The van der Waals surface area contributed by atoms with E-state index in [4.69, 9.17) is 36.8 Å². The predicted molar refractivity (Wildman–Crippen MR) is 146 cm³/mol. The maximum Gasteiger partial charge on any atom is 0.153 e. The summed E-state index contributed by atoms with van der Waals surface area (Å²) in [5.41, 5.74) is 7.91. The van der Waals surface area contributed by atoms with Gasteiger partial charge in [0.2, 0.25) is 0 Å². The second kappa shape index (κ2) is 10.5. The van der Waals surface area contributed by atoms with Crippen LogP contribution in [0.5, 0.6) is 0 Å². The number of rotatable bonds is 5. The summed E-state index contributed by atoms with van der Waals surface area (Å²) in [7, 11) is 0. The molecule has 0 radical (unpaired) electrons. The van der Waals surface area contributed by atoms with E-state index in [1.54, 1.807) is 6.20 Å². The number of nitrogens with zero attached hydrogens (tertiary/aromatic N) is 5. The lowest BCUT2D eigenvalue weighted by molar-refractivity contribution is 0.0973. The molecule has 4 saturated heterocycles.